The predicted molar refractivity (Wildman–Crippen MR) is 163 cm³/mol. The van der Waals surface area contributed by atoms with E-state index in [1.807, 2.05) is 50.2 Å². The summed E-state index contributed by atoms with van der Waals surface area (Å²) in [6.45, 7) is 8.40. The van der Waals surface area contributed by atoms with Gasteiger partial charge in [0.15, 0.2) is 21.3 Å². The van der Waals surface area contributed by atoms with E-state index in [1.165, 1.54) is 0 Å². The van der Waals surface area contributed by atoms with Crippen LogP contribution in [0.4, 0.5) is 0 Å². The standard InChI is InChI=1S/C32H38O8S2/c1-5-9-21-25-27(37-31(35-7-3)29(25)41(33)39-23-17-13-11-14-18-23)28-26(22-10-6-2)30(32(38-28)36-8-4)42(34)40-24-19-15-12-16-20-24/h11-20H,5-10,21-22H2,1-4H3. The highest BCUT2D eigenvalue weighted by molar-refractivity contribution is 7.81. The van der Waals surface area contributed by atoms with Crippen LogP contribution in [0.15, 0.2) is 79.3 Å². The lowest BCUT2D eigenvalue weighted by Crippen LogP contribution is -2.06. The van der Waals surface area contributed by atoms with Gasteiger partial charge in [0.2, 0.25) is 22.2 Å². The number of furan rings is 2. The molecule has 0 spiro atoms. The number of rotatable bonds is 17. The van der Waals surface area contributed by atoms with Crippen molar-refractivity contribution in [1.82, 2.24) is 0 Å². The summed E-state index contributed by atoms with van der Waals surface area (Å²) >= 11 is -3.88. The first kappa shape index (κ1) is 31.4. The fourth-order valence-corrected chi connectivity index (χ4v) is 6.39. The Morgan fingerprint density at radius 2 is 0.976 bits per heavy atom. The Bertz CT molecular complexity index is 1350. The molecule has 10 heteroatoms. The average Bonchev–Trinajstić information content (AvgIpc) is 3.54. The summed E-state index contributed by atoms with van der Waals surface area (Å²) in [6, 6.07) is 17.9. The number of ether oxygens (including phenoxy) is 2. The summed E-state index contributed by atoms with van der Waals surface area (Å²) in [5.74, 6) is 1.85. The van der Waals surface area contributed by atoms with Crippen LogP contribution in [0.1, 0.15) is 64.5 Å². The first-order valence-corrected chi connectivity index (χ1v) is 16.5. The number of benzene rings is 2. The van der Waals surface area contributed by atoms with E-state index in [9.17, 15) is 8.42 Å². The lowest BCUT2D eigenvalue weighted by atomic mass is 10.0. The smallest absolute Gasteiger partial charge is 0.305 e. The second-order valence-electron chi connectivity index (χ2n) is 9.39. The fourth-order valence-electron chi connectivity index (χ4n) is 4.38. The minimum Gasteiger partial charge on any atom is -0.464 e. The fraction of sp³-hybridized carbons (Fsp3) is 0.375. The first-order chi connectivity index (χ1) is 20.5. The van der Waals surface area contributed by atoms with Crippen LogP contribution < -0.4 is 17.8 Å². The maximum absolute atomic E-state index is 13.7. The minimum absolute atomic E-state index is 0.104. The van der Waals surface area contributed by atoms with E-state index >= 15 is 0 Å². The summed E-state index contributed by atoms with van der Waals surface area (Å²) in [5.41, 5.74) is 1.32. The summed E-state index contributed by atoms with van der Waals surface area (Å²) in [5, 5.41) is 0. The molecule has 226 valence electrons. The van der Waals surface area contributed by atoms with E-state index in [1.54, 1.807) is 24.3 Å². The van der Waals surface area contributed by atoms with Crippen LogP contribution in [0.3, 0.4) is 0 Å². The third kappa shape index (κ3) is 7.46. The maximum atomic E-state index is 13.7. The predicted octanol–water partition coefficient (Wildman–Crippen LogP) is 8.23. The van der Waals surface area contributed by atoms with Gasteiger partial charge < -0.3 is 26.7 Å². The van der Waals surface area contributed by atoms with Gasteiger partial charge in [0.1, 0.15) is 11.5 Å². The zero-order valence-electron chi connectivity index (χ0n) is 24.5. The molecule has 2 atom stereocenters. The molecule has 4 aromatic rings. The molecule has 0 aliphatic carbocycles. The van der Waals surface area contributed by atoms with Crippen LogP contribution in [-0.2, 0) is 35.0 Å². The molecule has 8 nitrogen and oxygen atoms in total. The van der Waals surface area contributed by atoms with E-state index in [0.717, 1.165) is 25.7 Å². The van der Waals surface area contributed by atoms with Gasteiger partial charge in [-0.1, -0.05) is 63.1 Å². The molecule has 2 aromatic carbocycles. The highest BCUT2D eigenvalue weighted by Crippen LogP contribution is 2.46. The van der Waals surface area contributed by atoms with Crippen molar-refractivity contribution in [3.63, 3.8) is 0 Å². The van der Waals surface area contributed by atoms with Gasteiger partial charge in [0.05, 0.1) is 13.2 Å². The molecule has 0 fully saturated rings. The Hall–Kier alpha value is -3.50. The van der Waals surface area contributed by atoms with Gasteiger partial charge in [-0.15, -0.1) is 0 Å². The molecule has 0 N–H and O–H groups in total. The van der Waals surface area contributed by atoms with E-state index in [0.29, 0.717) is 70.0 Å². The largest absolute Gasteiger partial charge is 0.464 e. The average molecular weight is 615 g/mol. The lowest BCUT2D eigenvalue weighted by molar-refractivity contribution is 0.241. The molecular weight excluding hydrogens is 576 g/mol. The van der Waals surface area contributed by atoms with Crippen LogP contribution in [0.25, 0.3) is 11.5 Å². The van der Waals surface area contributed by atoms with Crippen molar-refractivity contribution in [3.8, 4) is 34.9 Å². The zero-order chi connectivity index (χ0) is 29.9. The monoisotopic (exact) mass is 614 g/mol. The Labute approximate surface area is 252 Å². The normalized spacial score (nSPS) is 12.6. The molecule has 0 radical (unpaired) electrons. The maximum Gasteiger partial charge on any atom is 0.305 e. The molecule has 2 aromatic heterocycles. The van der Waals surface area contributed by atoms with Crippen molar-refractivity contribution in [3.05, 3.63) is 71.8 Å². The van der Waals surface area contributed by atoms with Crippen LogP contribution in [0.5, 0.6) is 23.4 Å². The second kappa shape index (κ2) is 15.7. The molecule has 0 aliphatic rings. The van der Waals surface area contributed by atoms with E-state index < -0.39 is 22.2 Å². The SMILES string of the molecule is CCCCc1c(-c2oc(OCC)c(S(=O)Oc3ccccc3)c2CCCC)oc(OCC)c1S(=O)Oc1ccccc1. The topological polar surface area (TPSA) is 97.3 Å². The molecule has 4 rings (SSSR count). The van der Waals surface area contributed by atoms with Crippen molar-refractivity contribution < 1.29 is 35.1 Å². The number of para-hydroxylation sites is 2. The van der Waals surface area contributed by atoms with E-state index in [2.05, 4.69) is 13.8 Å². The Morgan fingerprint density at radius 3 is 1.31 bits per heavy atom. The Balaban J connectivity index is 1.89. The van der Waals surface area contributed by atoms with Crippen molar-refractivity contribution >= 4 is 22.2 Å². The number of unbranched alkanes of at least 4 members (excludes halogenated alkanes) is 2. The summed E-state index contributed by atoms with van der Waals surface area (Å²) in [4.78, 5) is 0.645. The van der Waals surface area contributed by atoms with Gasteiger partial charge in [-0.3, -0.25) is 0 Å². The van der Waals surface area contributed by atoms with Crippen LogP contribution in [0, 0.1) is 0 Å². The molecule has 2 unspecified atom stereocenters. The molecule has 0 amide bonds. The molecule has 0 aliphatic heterocycles. The van der Waals surface area contributed by atoms with Crippen molar-refractivity contribution in [1.29, 1.82) is 0 Å². The summed E-state index contributed by atoms with van der Waals surface area (Å²) in [7, 11) is 0. The van der Waals surface area contributed by atoms with E-state index in [4.69, 9.17) is 26.7 Å². The molecule has 42 heavy (non-hydrogen) atoms. The summed E-state index contributed by atoms with van der Waals surface area (Å²) < 4.78 is 63.4. The molecule has 0 saturated heterocycles. The highest BCUT2D eigenvalue weighted by atomic mass is 32.2. The van der Waals surface area contributed by atoms with Crippen molar-refractivity contribution in [2.75, 3.05) is 13.2 Å². The molecule has 2 heterocycles. The zero-order valence-corrected chi connectivity index (χ0v) is 26.1. The van der Waals surface area contributed by atoms with Crippen LogP contribution in [-0.4, -0.2) is 21.6 Å². The van der Waals surface area contributed by atoms with Gasteiger partial charge in [0.25, 0.3) is 0 Å². The number of hydrogen-bond donors (Lipinski definition) is 0. The number of hydrogen-bond acceptors (Lipinski definition) is 8. The molecule has 0 bridgehead atoms. The first-order valence-electron chi connectivity index (χ1n) is 14.4. The highest BCUT2D eigenvalue weighted by Gasteiger charge is 2.35. The molecular formula is C32H38O8S2. The van der Waals surface area contributed by atoms with Crippen LogP contribution in [0.2, 0.25) is 0 Å². The third-order valence-electron chi connectivity index (χ3n) is 6.34. The van der Waals surface area contributed by atoms with Crippen molar-refractivity contribution in [2.24, 2.45) is 0 Å². The van der Waals surface area contributed by atoms with Crippen LogP contribution >= 0.6 is 0 Å². The van der Waals surface area contributed by atoms with Gasteiger partial charge in [-0.2, -0.15) is 0 Å². The van der Waals surface area contributed by atoms with Gasteiger partial charge >= 0.3 is 11.9 Å². The quantitative estimate of drug-likeness (QED) is 0.117. The van der Waals surface area contributed by atoms with Gasteiger partial charge in [0, 0.05) is 11.1 Å². The van der Waals surface area contributed by atoms with Gasteiger partial charge in [-0.25, -0.2) is 8.42 Å². The molecule has 0 saturated carbocycles. The van der Waals surface area contributed by atoms with Crippen molar-refractivity contribution in [2.45, 2.75) is 76.0 Å². The lowest BCUT2D eigenvalue weighted by Gasteiger charge is -2.08. The Morgan fingerprint density at radius 1 is 0.595 bits per heavy atom. The Kier molecular flexibility index (Phi) is 11.7. The minimum atomic E-state index is -1.94. The summed E-state index contributed by atoms with van der Waals surface area (Å²) in [6.07, 6.45) is 4.47. The van der Waals surface area contributed by atoms with E-state index in [-0.39, 0.29) is 11.9 Å². The second-order valence-corrected chi connectivity index (χ2v) is 11.5. The third-order valence-corrected chi connectivity index (χ3v) is 8.52. The van der Waals surface area contributed by atoms with Gasteiger partial charge in [-0.05, 0) is 63.8 Å².